The minimum absolute atomic E-state index is 0.0239. The number of carboxylic acid groups (broad SMARTS) is 1. The molecule has 1 rings (SSSR count). The monoisotopic (exact) mass is 240 g/mol. The van der Waals surface area contributed by atoms with Crippen molar-refractivity contribution in [2.75, 3.05) is 5.75 Å². The lowest BCUT2D eigenvalue weighted by Gasteiger charge is -2.13. The van der Waals surface area contributed by atoms with Gasteiger partial charge in [0.1, 0.15) is 0 Å². The van der Waals surface area contributed by atoms with E-state index in [9.17, 15) is 9.90 Å². The van der Waals surface area contributed by atoms with E-state index in [0.717, 1.165) is 5.56 Å². The number of benzene rings is 1. The summed E-state index contributed by atoms with van der Waals surface area (Å²) in [7, 11) is 0. The Labute approximate surface area is 99.5 Å². The number of hydrogen-bond donors (Lipinski definition) is 2. The lowest BCUT2D eigenvalue weighted by Crippen LogP contribution is -2.09. The summed E-state index contributed by atoms with van der Waals surface area (Å²) in [4.78, 5) is 10.4. The summed E-state index contributed by atoms with van der Waals surface area (Å²) in [6.45, 7) is 1.86. The third-order valence-corrected chi connectivity index (χ3v) is 3.43. The molecule has 0 aliphatic rings. The molecule has 2 unspecified atom stereocenters. The molecule has 1 aromatic rings. The van der Waals surface area contributed by atoms with Crippen molar-refractivity contribution in [2.45, 2.75) is 24.7 Å². The summed E-state index contributed by atoms with van der Waals surface area (Å²) in [6.07, 6.45) is -0.394. The Bertz CT molecular complexity index is 326. The molecular weight excluding hydrogens is 224 g/mol. The Morgan fingerprint density at radius 3 is 2.56 bits per heavy atom. The Morgan fingerprint density at radius 1 is 1.38 bits per heavy atom. The second-order valence-electron chi connectivity index (χ2n) is 3.67. The first-order chi connectivity index (χ1) is 7.59. The molecule has 2 atom stereocenters. The average Bonchev–Trinajstić information content (AvgIpc) is 2.26. The van der Waals surface area contributed by atoms with Crippen LogP contribution in [0.3, 0.4) is 0 Å². The normalized spacial score (nSPS) is 14.4. The van der Waals surface area contributed by atoms with E-state index in [2.05, 4.69) is 0 Å². The van der Waals surface area contributed by atoms with Crippen LogP contribution in [0.4, 0.5) is 0 Å². The molecule has 0 bridgehead atoms. The number of carboxylic acids is 1. The van der Waals surface area contributed by atoms with Crippen LogP contribution < -0.4 is 0 Å². The standard InChI is InChI=1S/C12H16O3S/c1-9(7-12(14)15)16-8-11(13)10-5-3-2-4-6-10/h2-6,9,11,13H,7-8H2,1H3,(H,14,15). The predicted molar refractivity (Wildman–Crippen MR) is 65.6 cm³/mol. The SMILES string of the molecule is CC(CC(=O)O)SCC(O)c1ccccc1. The maximum atomic E-state index is 10.4. The van der Waals surface area contributed by atoms with Gasteiger partial charge in [-0.15, -0.1) is 0 Å². The fourth-order valence-corrected chi connectivity index (χ4v) is 2.30. The zero-order valence-corrected chi connectivity index (χ0v) is 9.98. The lowest BCUT2D eigenvalue weighted by atomic mass is 10.1. The van der Waals surface area contributed by atoms with E-state index < -0.39 is 12.1 Å². The van der Waals surface area contributed by atoms with Crippen LogP contribution >= 0.6 is 11.8 Å². The highest BCUT2D eigenvalue weighted by atomic mass is 32.2. The molecule has 0 heterocycles. The van der Waals surface area contributed by atoms with Crippen molar-refractivity contribution in [2.24, 2.45) is 0 Å². The van der Waals surface area contributed by atoms with Crippen molar-refractivity contribution in [1.82, 2.24) is 0 Å². The molecule has 0 aliphatic heterocycles. The van der Waals surface area contributed by atoms with E-state index in [1.54, 1.807) is 0 Å². The van der Waals surface area contributed by atoms with Crippen LogP contribution in [0.2, 0.25) is 0 Å². The number of aliphatic carboxylic acids is 1. The highest BCUT2D eigenvalue weighted by Gasteiger charge is 2.12. The van der Waals surface area contributed by atoms with Crippen molar-refractivity contribution in [1.29, 1.82) is 0 Å². The largest absolute Gasteiger partial charge is 0.481 e. The molecular formula is C12H16O3S. The Balaban J connectivity index is 2.35. The van der Waals surface area contributed by atoms with Crippen LogP contribution in [0.1, 0.15) is 25.0 Å². The summed E-state index contributed by atoms with van der Waals surface area (Å²) in [5, 5.41) is 18.4. The molecule has 0 spiro atoms. The van der Waals surface area contributed by atoms with E-state index in [4.69, 9.17) is 5.11 Å². The van der Waals surface area contributed by atoms with Gasteiger partial charge in [-0.1, -0.05) is 37.3 Å². The fraction of sp³-hybridized carbons (Fsp3) is 0.417. The van der Waals surface area contributed by atoms with Gasteiger partial charge in [0.15, 0.2) is 0 Å². The van der Waals surface area contributed by atoms with Gasteiger partial charge in [0, 0.05) is 11.0 Å². The molecule has 2 N–H and O–H groups in total. The van der Waals surface area contributed by atoms with Crippen molar-refractivity contribution in [3.8, 4) is 0 Å². The first-order valence-electron chi connectivity index (χ1n) is 5.16. The minimum atomic E-state index is -0.797. The molecule has 4 heteroatoms. The van der Waals surface area contributed by atoms with Crippen LogP contribution in [-0.4, -0.2) is 27.2 Å². The quantitative estimate of drug-likeness (QED) is 0.801. The van der Waals surface area contributed by atoms with Gasteiger partial charge < -0.3 is 10.2 Å². The van der Waals surface area contributed by atoms with Crippen molar-refractivity contribution < 1.29 is 15.0 Å². The highest BCUT2D eigenvalue weighted by molar-refractivity contribution is 7.99. The van der Waals surface area contributed by atoms with Gasteiger partial charge in [-0.3, -0.25) is 4.79 Å². The zero-order valence-electron chi connectivity index (χ0n) is 9.17. The number of carbonyl (C=O) groups is 1. The van der Waals surface area contributed by atoms with E-state index in [1.807, 2.05) is 37.3 Å². The number of hydrogen-bond acceptors (Lipinski definition) is 3. The molecule has 3 nitrogen and oxygen atoms in total. The van der Waals surface area contributed by atoms with Gasteiger partial charge in [-0.2, -0.15) is 11.8 Å². The van der Waals surface area contributed by atoms with Gasteiger partial charge >= 0.3 is 5.97 Å². The smallest absolute Gasteiger partial charge is 0.304 e. The van der Waals surface area contributed by atoms with Crippen molar-refractivity contribution >= 4 is 17.7 Å². The van der Waals surface area contributed by atoms with E-state index in [1.165, 1.54) is 11.8 Å². The predicted octanol–water partition coefficient (Wildman–Crippen LogP) is 2.32. The maximum Gasteiger partial charge on any atom is 0.304 e. The Kier molecular flexibility index (Phi) is 5.35. The van der Waals surface area contributed by atoms with Crippen LogP contribution in [0.25, 0.3) is 0 Å². The molecule has 0 radical (unpaired) electrons. The van der Waals surface area contributed by atoms with Crippen molar-refractivity contribution in [3.63, 3.8) is 0 Å². The van der Waals surface area contributed by atoms with Crippen molar-refractivity contribution in [3.05, 3.63) is 35.9 Å². The first-order valence-corrected chi connectivity index (χ1v) is 6.21. The number of aliphatic hydroxyl groups excluding tert-OH is 1. The number of thioether (sulfide) groups is 1. The maximum absolute atomic E-state index is 10.4. The van der Waals surface area contributed by atoms with Crippen LogP contribution in [0, 0.1) is 0 Å². The summed E-state index contributed by atoms with van der Waals surface area (Å²) >= 11 is 1.48. The van der Waals surface area contributed by atoms with E-state index >= 15 is 0 Å². The highest BCUT2D eigenvalue weighted by Crippen LogP contribution is 2.22. The lowest BCUT2D eigenvalue weighted by molar-refractivity contribution is -0.136. The van der Waals surface area contributed by atoms with E-state index in [0.29, 0.717) is 5.75 Å². The number of aliphatic hydroxyl groups is 1. The van der Waals surface area contributed by atoms with Gasteiger partial charge in [-0.05, 0) is 5.56 Å². The van der Waals surface area contributed by atoms with Gasteiger partial charge in [-0.25, -0.2) is 0 Å². The fourth-order valence-electron chi connectivity index (χ4n) is 1.33. The summed E-state index contributed by atoms with van der Waals surface area (Å²) < 4.78 is 0. The number of rotatable bonds is 6. The van der Waals surface area contributed by atoms with Gasteiger partial charge in [0.05, 0.1) is 12.5 Å². The summed E-state index contributed by atoms with van der Waals surface area (Å²) in [6, 6.07) is 9.39. The van der Waals surface area contributed by atoms with Crippen LogP contribution in [-0.2, 0) is 4.79 Å². The molecule has 0 fully saturated rings. The molecule has 16 heavy (non-hydrogen) atoms. The van der Waals surface area contributed by atoms with Crippen LogP contribution in [0.5, 0.6) is 0 Å². The topological polar surface area (TPSA) is 57.5 Å². The molecule has 88 valence electrons. The third-order valence-electron chi connectivity index (χ3n) is 2.19. The minimum Gasteiger partial charge on any atom is -0.481 e. The second-order valence-corrected chi connectivity index (χ2v) is 5.14. The zero-order chi connectivity index (χ0) is 12.0. The van der Waals surface area contributed by atoms with Crippen LogP contribution in [0.15, 0.2) is 30.3 Å². The molecule has 0 aliphatic carbocycles. The Morgan fingerprint density at radius 2 is 2.00 bits per heavy atom. The summed E-state index contributed by atoms with van der Waals surface area (Å²) in [5.41, 5.74) is 0.873. The van der Waals surface area contributed by atoms with E-state index in [-0.39, 0.29) is 11.7 Å². The molecule has 0 aromatic heterocycles. The summed E-state index contributed by atoms with van der Waals surface area (Å²) in [5.74, 6) is -0.271. The second kappa shape index (κ2) is 6.55. The molecule has 1 aromatic carbocycles. The average molecular weight is 240 g/mol. The van der Waals surface area contributed by atoms with Gasteiger partial charge in [0.25, 0.3) is 0 Å². The van der Waals surface area contributed by atoms with Gasteiger partial charge in [0.2, 0.25) is 0 Å². The molecule has 0 saturated carbocycles. The molecule has 0 amide bonds. The molecule has 0 saturated heterocycles. The Hall–Kier alpha value is -1.00. The third kappa shape index (κ3) is 4.68. The first kappa shape index (κ1) is 13.1.